The molecule has 0 spiro atoms. The summed E-state index contributed by atoms with van der Waals surface area (Å²) in [5.74, 6) is 0. The minimum absolute atomic E-state index is 0.00468. The largest absolute Gasteiger partial charge is 0.240 e. The predicted octanol–water partition coefficient (Wildman–Crippen LogP) is 2.98. The third-order valence-electron chi connectivity index (χ3n) is 3.32. The van der Waals surface area contributed by atoms with Gasteiger partial charge in [-0.25, -0.2) is 13.1 Å². The van der Waals surface area contributed by atoms with Gasteiger partial charge in [0.2, 0.25) is 10.0 Å². The summed E-state index contributed by atoms with van der Waals surface area (Å²) in [6.07, 6.45) is 4.18. The maximum Gasteiger partial charge on any atom is 0.240 e. The summed E-state index contributed by atoms with van der Waals surface area (Å²) in [6, 6.07) is 6.96. The maximum atomic E-state index is 12.2. The Balaban J connectivity index is 2.13. The van der Waals surface area contributed by atoms with Gasteiger partial charge in [-0.1, -0.05) is 46.5 Å². The van der Waals surface area contributed by atoms with Crippen molar-refractivity contribution in [3.05, 3.63) is 29.8 Å². The van der Waals surface area contributed by atoms with Crippen molar-refractivity contribution >= 4 is 26.0 Å². The van der Waals surface area contributed by atoms with Gasteiger partial charge in [0.25, 0.3) is 0 Å². The lowest BCUT2D eigenvalue weighted by molar-refractivity contribution is 0.427. The van der Waals surface area contributed by atoms with Crippen molar-refractivity contribution in [1.29, 1.82) is 0 Å². The number of benzene rings is 1. The van der Waals surface area contributed by atoms with E-state index in [2.05, 4.69) is 20.7 Å². The molecule has 1 aromatic rings. The molecule has 0 bridgehead atoms. The van der Waals surface area contributed by atoms with Crippen molar-refractivity contribution in [3.63, 3.8) is 0 Å². The molecule has 18 heavy (non-hydrogen) atoms. The second-order valence-corrected chi connectivity index (χ2v) is 7.73. The first-order valence-electron chi connectivity index (χ1n) is 6.22. The fourth-order valence-electron chi connectivity index (χ4n) is 2.20. The Morgan fingerprint density at radius 3 is 2.39 bits per heavy atom. The molecule has 0 unspecified atom stereocenters. The molecule has 3 nitrogen and oxygen atoms in total. The number of alkyl halides is 1. The molecule has 1 N–H and O–H groups in total. The Morgan fingerprint density at radius 1 is 1.17 bits per heavy atom. The number of nitrogens with one attached hydrogen (secondary N) is 1. The standard InChI is InChI=1S/C13H18BrNO2S/c1-10-6-8-11(9-7-10)18(16,17)15-13-5-3-2-4-12(13)14/h6-9,12-13,15H,2-5H2,1H3/t12-,13+/m1/s1. The van der Waals surface area contributed by atoms with E-state index in [1.165, 1.54) is 6.42 Å². The number of sulfonamides is 1. The van der Waals surface area contributed by atoms with Crippen molar-refractivity contribution < 1.29 is 8.42 Å². The third-order valence-corrected chi connectivity index (χ3v) is 5.92. The van der Waals surface area contributed by atoms with Gasteiger partial charge >= 0.3 is 0 Å². The molecule has 0 heterocycles. The quantitative estimate of drug-likeness (QED) is 0.865. The first-order valence-corrected chi connectivity index (χ1v) is 8.62. The van der Waals surface area contributed by atoms with Crippen molar-refractivity contribution in [2.24, 2.45) is 0 Å². The molecule has 2 atom stereocenters. The Kier molecular flexibility index (Phi) is 4.45. The highest BCUT2D eigenvalue weighted by atomic mass is 79.9. The van der Waals surface area contributed by atoms with Crippen LogP contribution in [-0.4, -0.2) is 19.3 Å². The summed E-state index contributed by atoms with van der Waals surface area (Å²) in [7, 11) is -3.39. The van der Waals surface area contributed by atoms with Crippen LogP contribution in [0.1, 0.15) is 31.2 Å². The van der Waals surface area contributed by atoms with E-state index < -0.39 is 10.0 Å². The minimum Gasteiger partial charge on any atom is -0.207 e. The van der Waals surface area contributed by atoms with Gasteiger partial charge in [-0.05, 0) is 31.9 Å². The van der Waals surface area contributed by atoms with E-state index in [0.29, 0.717) is 4.90 Å². The van der Waals surface area contributed by atoms with Crippen LogP contribution in [0.5, 0.6) is 0 Å². The lowest BCUT2D eigenvalue weighted by Gasteiger charge is -2.27. The molecule has 1 saturated carbocycles. The molecule has 0 saturated heterocycles. The van der Waals surface area contributed by atoms with E-state index in [9.17, 15) is 8.42 Å². The lowest BCUT2D eigenvalue weighted by atomic mass is 9.96. The van der Waals surface area contributed by atoms with E-state index in [-0.39, 0.29) is 10.9 Å². The Hall–Kier alpha value is -0.390. The minimum atomic E-state index is -3.39. The fraction of sp³-hybridized carbons (Fsp3) is 0.538. The summed E-state index contributed by atoms with van der Waals surface area (Å²) in [5.41, 5.74) is 1.06. The molecule has 1 aliphatic carbocycles. The third kappa shape index (κ3) is 3.33. The van der Waals surface area contributed by atoms with Crippen molar-refractivity contribution in [2.45, 2.75) is 48.4 Å². The van der Waals surface area contributed by atoms with Crippen LogP contribution in [0.25, 0.3) is 0 Å². The molecule has 5 heteroatoms. The average Bonchev–Trinajstić information content (AvgIpc) is 2.32. The topological polar surface area (TPSA) is 46.2 Å². The van der Waals surface area contributed by atoms with E-state index in [1.807, 2.05) is 19.1 Å². The smallest absolute Gasteiger partial charge is 0.207 e. The van der Waals surface area contributed by atoms with Crippen LogP contribution in [-0.2, 0) is 10.0 Å². The van der Waals surface area contributed by atoms with Gasteiger partial charge < -0.3 is 0 Å². The molecule has 0 radical (unpaired) electrons. The van der Waals surface area contributed by atoms with Crippen LogP contribution < -0.4 is 4.72 Å². The zero-order valence-electron chi connectivity index (χ0n) is 10.4. The van der Waals surface area contributed by atoms with Crippen molar-refractivity contribution in [2.75, 3.05) is 0 Å². The summed E-state index contributed by atoms with van der Waals surface area (Å²) in [4.78, 5) is 0.588. The second kappa shape index (κ2) is 5.72. The summed E-state index contributed by atoms with van der Waals surface area (Å²) in [5, 5.41) is 0. The van der Waals surface area contributed by atoms with E-state index in [4.69, 9.17) is 0 Å². The molecule has 1 aromatic carbocycles. The summed E-state index contributed by atoms with van der Waals surface area (Å²) < 4.78 is 27.3. The van der Waals surface area contributed by atoms with Crippen LogP contribution in [0.2, 0.25) is 0 Å². The van der Waals surface area contributed by atoms with Gasteiger partial charge in [-0.2, -0.15) is 0 Å². The Morgan fingerprint density at radius 2 is 1.78 bits per heavy atom. The molecule has 1 fully saturated rings. The van der Waals surface area contributed by atoms with E-state index in [0.717, 1.165) is 24.8 Å². The summed E-state index contributed by atoms with van der Waals surface area (Å²) >= 11 is 3.56. The van der Waals surface area contributed by atoms with Crippen molar-refractivity contribution in [1.82, 2.24) is 4.72 Å². The van der Waals surface area contributed by atoms with E-state index >= 15 is 0 Å². The van der Waals surface area contributed by atoms with Crippen LogP contribution >= 0.6 is 15.9 Å². The van der Waals surface area contributed by atoms with Crippen LogP contribution in [0.15, 0.2) is 29.2 Å². The van der Waals surface area contributed by atoms with Gasteiger partial charge in [0.15, 0.2) is 0 Å². The fourth-order valence-corrected chi connectivity index (χ4v) is 4.41. The van der Waals surface area contributed by atoms with Gasteiger partial charge in [0.05, 0.1) is 4.90 Å². The molecule has 0 aliphatic heterocycles. The zero-order chi connectivity index (χ0) is 13.2. The molecule has 0 aromatic heterocycles. The Labute approximate surface area is 117 Å². The number of aryl methyl sites for hydroxylation is 1. The second-order valence-electron chi connectivity index (χ2n) is 4.84. The van der Waals surface area contributed by atoms with Crippen LogP contribution in [0.4, 0.5) is 0 Å². The normalized spacial score (nSPS) is 25.0. The van der Waals surface area contributed by atoms with E-state index in [1.54, 1.807) is 12.1 Å². The highest BCUT2D eigenvalue weighted by molar-refractivity contribution is 9.09. The molecule has 2 rings (SSSR count). The first kappa shape index (κ1) is 14.0. The first-order chi connectivity index (χ1) is 8.49. The van der Waals surface area contributed by atoms with Gasteiger partial charge in [-0.3, -0.25) is 0 Å². The number of hydrogen-bond acceptors (Lipinski definition) is 2. The highest BCUT2D eigenvalue weighted by Gasteiger charge is 2.27. The maximum absolute atomic E-state index is 12.2. The van der Waals surface area contributed by atoms with Crippen molar-refractivity contribution in [3.8, 4) is 0 Å². The van der Waals surface area contributed by atoms with Gasteiger partial charge in [-0.15, -0.1) is 0 Å². The molecule has 100 valence electrons. The van der Waals surface area contributed by atoms with Crippen LogP contribution in [0, 0.1) is 6.92 Å². The molecule has 1 aliphatic rings. The summed E-state index contributed by atoms with van der Waals surface area (Å²) in [6.45, 7) is 1.94. The predicted molar refractivity (Wildman–Crippen MR) is 76.5 cm³/mol. The average molecular weight is 332 g/mol. The monoisotopic (exact) mass is 331 g/mol. The SMILES string of the molecule is Cc1ccc(S(=O)(=O)N[C@H]2CCCC[C@H]2Br)cc1. The van der Waals surface area contributed by atoms with Gasteiger partial charge in [0.1, 0.15) is 0 Å². The molecular formula is C13H18BrNO2S. The molecular weight excluding hydrogens is 314 g/mol. The van der Waals surface area contributed by atoms with Gasteiger partial charge in [0, 0.05) is 10.9 Å². The van der Waals surface area contributed by atoms with Crippen LogP contribution in [0.3, 0.4) is 0 Å². The lowest BCUT2D eigenvalue weighted by Crippen LogP contribution is -2.42. The number of rotatable bonds is 3. The number of hydrogen-bond donors (Lipinski definition) is 1. The zero-order valence-corrected chi connectivity index (χ0v) is 12.8. The number of halogens is 1. The molecule has 0 amide bonds. The highest BCUT2D eigenvalue weighted by Crippen LogP contribution is 2.25. The Bertz CT molecular complexity index is 498.